The maximum Gasteiger partial charge on any atom is 0.348 e. The van der Waals surface area contributed by atoms with E-state index in [2.05, 4.69) is 16.3 Å². The fraction of sp³-hybridized carbons (Fsp3) is 0.263. The molecule has 0 saturated carbocycles. The molecule has 0 atom stereocenters. The van der Waals surface area contributed by atoms with E-state index in [-0.39, 0.29) is 6.61 Å². The van der Waals surface area contributed by atoms with Gasteiger partial charge in [-0.05, 0) is 24.6 Å². The summed E-state index contributed by atoms with van der Waals surface area (Å²) in [5.74, 6) is 1.53. The predicted molar refractivity (Wildman–Crippen MR) is 121 cm³/mol. The SMILES string of the molecule is CCOC(=O)c1sc(N)c(C#N)c1CSc1nnc(SCc2ccc(OC)cc2)s1. The minimum atomic E-state index is -0.459. The van der Waals surface area contributed by atoms with Crippen molar-refractivity contribution in [2.75, 3.05) is 19.5 Å². The predicted octanol–water partition coefficient (Wildman–Crippen LogP) is 4.82. The van der Waals surface area contributed by atoms with Gasteiger partial charge in [0, 0.05) is 17.1 Å². The Morgan fingerprint density at radius 1 is 1.17 bits per heavy atom. The standard InChI is InChI=1S/C19H18N4O3S4/c1-3-26-17(24)15-14(13(8-20)16(21)29-15)10-28-19-23-22-18(30-19)27-9-11-4-6-12(25-2)7-5-11/h4-7H,3,9-10,21H2,1-2H3. The summed E-state index contributed by atoms with van der Waals surface area (Å²) < 4.78 is 11.9. The molecule has 0 fully saturated rings. The highest BCUT2D eigenvalue weighted by atomic mass is 32.2. The van der Waals surface area contributed by atoms with Crippen molar-refractivity contribution in [3.63, 3.8) is 0 Å². The number of carbonyl (C=O) groups is 1. The lowest BCUT2D eigenvalue weighted by atomic mass is 10.2. The van der Waals surface area contributed by atoms with Gasteiger partial charge in [0.05, 0.1) is 19.3 Å². The highest BCUT2D eigenvalue weighted by molar-refractivity contribution is 8.02. The third-order valence-corrected chi connectivity index (χ3v) is 8.18. The van der Waals surface area contributed by atoms with Crippen LogP contribution < -0.4 is 10.5 Å². The molecule has 11 heteroatoms. The number of nitriles is 1. The lowest BCUT2D eigenvalue weighted by molar-refractivity contribution is 0.0531. The summed E-state index contributed by atoms with van der Waals surface area (Å²) in [6.07, 6.45) is 0. The number of aromatic nitrogens is 2. The third kappa shape index (κ3) is 5.46. The minimum absolute atomic E-state index is 0.260. The second-order valence-electron chi connectivity index (χ2n) is 5.74. The molecule has 0 saturated heterocycles. The van der Waals surface area contributed by atoms with Crippen LogP contribution in [0.4, 0.5) is 5.00 Å². The Balaban J connectivity index is 1.64. The van der Waals surface area contributed by atoms with Crippen LogP contribution in [0.2, 0.25) is 0 Å². The Bertz CT molecular complexity index is 1060. The first-order valence-corrected chi connectivity index (χ1v) is 12.4. The number of anilines is 1. The average Bonchev–Trinajstić information content (AvgIpc) is 3.34. The number of carbonyl (C=O) groups excluding carboxylic acids is 1. The number of nitrogens with two attached hydrogens (primary N) is 1. The number of nitrogens with zero attached hydrogens (tertiary/aromatic N) is 3. The van der Waals surface area contributed by atoms with Crippen LogP contribution >= 0.6 is 46.2 Å². The van der Waals surface area contributed by atoms with Gasteiger partial charge in [0.1, 0.15) is 21.7 Å². The van der Waals surface area contributed by atoms with Crippen LogP contribution in [0.3, 0.4) is 0 Å². The van der Waals surface area contributed by atoms with E-state index in [4.69, 9.17) is 15.2 Å². The summed E-state index contributed by atoms with van der Waals surface area (Å²) in [5.41, 5.74) is 8.00. The van der Waals surface area contributed by atoms with Gasteiger partial charge in [0.2, 0.25) is 0 Å². The van der Waals surface area contributed by atoms with Gasteiger partial charge in [-0.3, -0.25) is 0 Å². The van der Waals surface area contributed by atoms with Gasteiger partial charge in [0.15, 0.2) is 8.68 Å². The summed E-state index contributed by atoms with van der Waals surface area (Å²) >= 11 is 5.58. The molecule has 3 rings (SSSR count). The van der Waals surface area contributed by atoms with Gasteiger partial charge in [-0.1, -0.05) is 47.0 Å². The zero-order valence-corrected chi connectivity index (χ0v) is 19.5. The summed E-state index contributed by atoms with van der Waals surface area (Å²) in [5, 5.41) is 18.2. The van der Waals surface area contributed by atoms with Crippen LogP contribution in [0.5, 0.6) is 5.75 Å². The molecule has 0 spiro atoms. The normalized spacial score (nSPS) is 10.6. The second kappa shape index (κ2) is 10.7. The van der Waals surface area contributed by atoms with Crippen molar-refractivity contribution in [2.45, 2.75) is 27.1 Å². The molecule has 3 aromatic rings. The molecule has 7 nitrogen and oxygen atoms in total. The van der Waals surface area contributed by atoms with E-state index < -0.39 is 5.97 Å². The van der Waals surface area contributed by atoms with Crippen molar-refractivity contribution >= 4 is 57.2 Å². The maximum absolute atomic E-state index is 12.2. The van der Waals surface area contributed by atoms with Gasteiger partial charge in [-0.25, -0.2) is 4.79 Å². The highest BCUT2D eigenvalue weighted by Gasteiger charge is 2.23. The number of nitrogen functional groups attached to an aromatic ring is 1. The monoisotopic (exact) mass is 478 g/mol. The first kappa shape index (κ1) is 22.4. The molecule has 0 aliphatic carbocycles. The van der Waals surface area contributed by atoms with E-state index in [1.54, 1.807) is 25.8 Å². The topological polar surface area (TPSA) is 111 Å². The first-order chi connectivity index (χ1) is 14.5. The Morgan fingerprint density at radius 3 is 2.43 bits per heavy atom. The molecular weight excluding hydrogens is 461 g/mol. The average molecular weight is 479 g/mol. The number of esters is 1. The quantitative estimate of drug-likeness (QED) is 0.341. The Labute approximate surface area is 190 Å². The number of ether oxygens (including phenoxy) is 2. The molecular formula is C19H18N4O3S4. The fourth-order valence-corrected chi connectivity index (χ4v) is 6.45. The minimum Gasteiger partial charge on any atom is -0.497 e. The Kier molecular flexibility index (Phi) is 7.98. The van der Waals surface area contributed by atoms with E-state index in [0.717, 1.165) is 37.1 Å². The summed E-state index contributed by atoms with van der Waals surface area (Å²) in [6, 6.07) is 9.98. The molecule has 0 aliphatic rings. The molecule has 0 aliphatic heterocycles. The lowest BCUT2D eigenvalue weighted by Gasteiger charge is -2.03. The number of thioether (sulfide) groups is 2. The molecule has 156 valence electrons. The number of benzene rings is 1. The van der Waals surface area contributed by atoms with Crippen LogP contribution in [0.15, 0.2) is 32.9 Å². The van der Waals surface area contributed by atoms with Crippen molar-refractivity contribution in [2.24, 2.45) is 0 Å². The molecule has 2 aromatic heterocycles. The van der Waals surface area contributed by atoms with Gasteiger partial charge in [-0.2, -0.15) is 5.26 Å². The zero-order chi connectivity index (χ0) is 21.5. The van der Waals surface area contributed by atoms with E-state index >= 15 is 0 Å². The molecule has 1 aromatic carbocycles. The largest absolute Gasteiger partial charge is 0.497 e. The van der Waals surface area contributed by atoms with E-state index in [1.807, 2.05) is 24.3 Å². The summed E-state index contributed by atoms with van der Waals surface area (Å²) in [4.78, 5) is 12.6. The molecule has 0 radical (unpaired) electrons. The maximum atomic E-state index is 12.2. The van der Waals surface area contributed by atoms with E-state index in [9.17, 15) is 10.1 Å². The molecule has 30 heavy (non-hydrogen) atoms. The second-order valence-corrected chi connectivity index (χ2v) is 10.2. The van der Waals surface area contributed by atoms with Crippen LogP contribution in [0.25, 0.3) is 0 Å². The summed E-state index contributed by atoms with van der Waals surface area (Å²) in [7, 11) is 1.64. The molecule has 2 heterocycles. The van der Waals surface area contributed by atoms with Crippen molar-refractivity contribution in [1.82, 2.24) is 10.2 Å². The first-order valence-electron chi connectivity index (χ1n) is 8.76. The number of hydrogen-bond donors (Lipinski definition) is 1. The zero-order valence-electron chi connectivity index (χ0n) is 16.2. The summed E-state index contributed by atoms with van der Waals surface area (Å²) in [6.45, 7) is 2.00. The Morgan fingerprint density at radius 2 is 1.83 bits per heavy atom. The molecule has 0 unspecified atom stereocenters. The molecule has 2 N–H and O–H groups in total. The van der Waals surface area contributed by atoms with Crippen molar-refractivity contribution in [3.05, 3.63) is 45.8 Å². The van der Waals surface area contributed by atoms with Crippen molar-refractivity contribution in [3.8, 4) is 11.8 Å². The van der Waals surface area contributed by atoms with Crippen molar-refractivity contribution < 1.29 is 14.3 Å². The van der Waals surface area contributed by atoms with Gasteiger partial charge in [0.25, 0.3) is 0 Å². The smallest absolute Gasteiger partial charge is 0.348 e. The van der Waals surface area contributed by atoms with Crippen LogP contribution in [-0.4, -0.2) is 29.9 Å². The van der Waals surface area contributed by atoms with Crippen LogP contribution in [0, 0.1) is 11.3 Å². The van der Waals surface area contributed by atoms with Gasteiger partial charge >= 0.3 is 5.97 Å². The van der Waals surface area contributed by atoms with Crippen LogP contribution in [0.1, 0.15) is 33.3 Å². The fourth-order valence-electron chi connectivity index (χ4n) is 2.42. The Hall–Kier alpha value is -2.26. The highest BCUT2D eigenvalue weighted by Crippen LogP contribution is 2.37. The number of hydrogen-bond acceptors (Lipinski definition) is 11. The third-order valence-electron chi connectivity index (χ3n) is 3.86. The lowest BCUT2D eigenvalue weighted by Crippen LogP contribution is -2.05. The number of methoxy groups -OCH3 is 1. The van der Waals surface area contributed by atoms with E-state index in [0.29, 0.717) is 26.8 Å². The van der Waals surface area contributed by atoms with Gasteiger partial charge < -0.3 is 15.2 Å². The molecule has 0 bridgehead atoms. The van der Waals surface area contributed by atoms with E-state index in [1.165, 1.54) is 23.1 Å². The van der Waals surface area contributed by atoms with Crippen molar-refractivity contribution in [1.29, 1.82) is 5.26 Å². The molecule has 0 amide bonds. The van der Waals surface area contributed by atoms with Gasteiger partial charge in [-0.15, -0.1) is 21.5 Å². The number of thiophene rings is 1. The number of rotatable bonds is 9. The van der Waals surface area contributed by atoms with Crippen LogP contribution in [-0.2, 0) is 16.2 Å².